The standard InChI is InChI=1S/C22H15NO6/c1-23-20(26)11-2-5-14-17(8-11)22(29-21(14)27)15-6-3-12(24)9-18(15)28-19-10-13(25)4-7-16(19)22/h2-10,24-25H,1H3,(H,23,26)/p+1. The van der Waals surface area contributed by atoms with E-state index < -0.39 is 11.6 Å². The first-order valence-electron chi connectivity index (χ1n) is 8.91. The summed E-state index contributed by atoms with van der Waals surface area (Å²) in [6.45, 7) is 0. The van der Waals surface area contributed by atoms with Gasteiger partial charge in [-0.15, -0.1) is 0 Å². The SMILES string of the molecule is CNC(=O)c1ccc2c(c1)C1(OC2=O)c2ccc(O)cc2Oc2cc([OH2+])ccc21. The number of carbonyl (C=O) groups excluding carboxylic acids is 2. The van der Waals surface area contributed by atoms with Crippen LogP contribution in [0.1, 0.15) is 37.4 Å². The minimum Gasteiger partial charge on any atom is -0.593 e. The van der Waals surface area contributed by atoms with Gasteiger partial charge in [0.25, 0.3) is 11.7 Å². The molecule has 2 aliphatic rings. The number of hydrogen-bond acceptors (Lipinski definition) is 5. The van der Waals surface area contributed by atoms with Crippen LogP contribution in [0.5, 0.6) is 23.0 Å². The highest BCUT2D eigenvalue weighted by molar-refractivity contribution is 6.00. The predicted molar refractivity (Wildman–Crippen MR) is 103 cm³/mol. The van der Waals surface area contributed by atoms with Crippen molar-refractivity contribution in [3.63, 3.8) is 0 Å². The zero-order valence-corrected chi connectivity index (χ0v) is 15.3. The molecule has 0 saturated carbocycles. The van der Waals surface area contributed by atoms with Crippen molar-refractivity contribution < 1.29 is 29.3 Å². The molecular formula is C22H16NO6+. The molecule has 7 nitrogen and oxygen atoms in total. The predicted octanol–water partition coefficient (Wildman–Crippen LogP) is 2.76. The lowest BCUT2D eigenvalue weighted by atomic mass is 9.77. The van der Waals surface area contributed by atoms with Crippen molar-refractivity contribution in [2.24, 2.45) is 0 Å². The Hall–Kier alpha value is -4.00. The van der Waals surface area contributed by atoms with Gasteiger partial charge in [-0.25, -0.2) is 4.79 Å². The van der Waals surface area contributed by atoms with Crippen LogP contribution in [-0.4, -0.2) is 29.1 Å². The third-order valence-electron chi connectivity index (χ3n) is 5.28. The van der Waals surface area contributed by atoms with Gasteiger partial charge in [0.15, 0.2) is 5.60 Å². The number of phenolic OH excluding ortho intramolecular Hbond substituents is 1. The van der Waals surface area contributed by atoms with Gasteiger partial charge >= 0.3 is 5.97 Å². The van der Waals surface area contributed by atoms with Crippen LogP contribution in [-0.2, 0) is 10.3 Å². The molecule has 7 heteroatoms. The lowest BCUT2D eigenvalue weighted by Crippen LogP contribution is -2.33. The number of fused-ring (bicyclic) bond motifs is 6. The number of hydrogen-bond donors (Lipinski definition) is 2. The molecule has 0 bridgehead atoms. The highest BCUT2D eigenvalue weighted by Crippen LogP contribution is 2.57. The molecule has 0 fully saturated rings. The highest BCUT2D eigenvalue weighted by atomic mass is 16.6. The number of benzene rings is 3. The zero-order valence-electron chi connectivity index (χ0n) is 15.3. The lowest BCUT2D eigenvalue weighted by molar-refractivity contribution is 0.0224. The summed E-state index contributed by atoms with van der Waals surface area (Å²) in [6, 6.07) is 14.1. The number of esters is 1. The van der Waals surface area contributed by atoms with E-state index in [2.05, 4.69) is 5.32 Å². The molecule has 5 rings (SSSR count). The summed E-state index contributed by atoms with van der Waals surface area (Å²) in [5.74, 6) is 0.0715. The minimum atomic E-state index is -1.35. The van der Waals surface area contributed by atoms with Crippen LogP contribution in [0.3, 0.4) is 0 Å². The minimum absolute atomic E-state index is 0.00645. The van der Waals surface area contributed by atoms with Gasteiger partial charge < -0.3 is 25.0 Å². The van der Waals surface area contributed by atoms with E-state index in [-0.39, 0.29) is 17.4 Å². The maximum Gasteiger partial charge on any atom is 0.340 e. The van der Waals surface area contributed by atoms with E-state index >= 15 is 0 Å². The molecule has 29 heavy (non-hydrogen) atoms. The Morgan fingerprint density at radius 2 is 1.72 bits per heavy atom. The lowest BCUT2D eigenvalue weighted by Gasteiger charge is -2.36. The maximum absolute atomic E-state index is 12.8. The molecular weight excluding hydrogens is 374 g/mol. The van der Waals surface area contributed by atoms with Gasteiger partial charge in [-0.3, -0.25) is 4.79 Å². The molecule has 1 atom stereocenters. The van der Waals surface area contributed by atoms with Crippen molar-refractivity contribution in [1.29, 1.82) is 0 Å². The van der Waals surface area contributed by atoms with Crippen LogP contribution in [0.2, 0.25) is 0 Å². The van der Waals surface area contributed by atoms with Crippen LogP contribution >= 0.6 is 0 Å². The fourth-order valence-corrected chi connectivity index (χ4v) is 4.00. The highest BCUT2D eigenvalue weighted by Gasteiger charge is 2.54. The van der Waals surface area contributed by atoms with E-state index in [4.69, 9.17) is 14.6 Å². The van der Waals surface area contributed by atoms with Gasteiger partial charge in [-0.05, 0) is 36.4 Å². The Morgan fingerprint density at radius 1 is 1.00 bits per heavy atom. The van der Waals surface area contributed by atoms with Crippen molar-refractivity contribution in [1.82, 2.24) is 5.32 Å². The van der Waals surface area contributed by atoms with E-state index in [1.165, 1.54) is 25.2 Å². The summed E-state index contributed by atoms with van der Waals surface area (Å²) >= 11 is 0. The number of amides is 1. The molecule has 144 valence electrons. The van der Waals surface area contributed by atoms with E-state index in [0.717, 1.165) is 0 Å². The van der Waals surface area contributed by atoms with E-state index in [9.17, 15) is 14.7 Å². The second-order valence-corrected chi connectivity index (χ2v) is 6.90. The maximum atomic E-state index is 12.8. The number of aromatic hydroxyl groups is 1. The number of ether oxygens (including phenoxy) is 2. The summed E-state index contributed by atoms with van der Waals surface area (Å²) in [7, 11) is 1.53. The Labute approximate surface area is 165 Å². The Bertz CT molecular complexity index is 1160. The van der Waals surface area contributed by atoms with Gasteiger partial charge in [0.1, 0.15) is 17.2 Å². The second kappa shape index (κ2) is 5.75. The van der Waals surface area contributed by atoms with E-state index in [0.29, 0.717) is 39.3 Å². The van der Waals surface area contributed by atoms with Crippen LogP contribution in [0.25, 0.3) is 0 Å². The van der Waals surface area contributed by atoms with Crippen LogP contribution < -0.4 is 10.1 Å². The van der Waals surface area contributed by atoms with Crippen molar-refractivity contribution in [3.05, 3.63) is 82.4 Å². The molecule has 0 aromatic heterocycles. The summed E-state index contributed by atoms with van der Waals surface area (Å²) in [4.78, 5) is 25.0. The first kappa shape index (κ1) is 17.1. The van der Waals surface area contributed by atoms with Crippen molar-refractivity contribution >= 4 is 11.9 Å². The van der Waals surface area contributed by atoms with Crippen molar-refractivity contribution in [2.75, 3.05) is 7.05 Å². The number of nitrogens with one attached hydrogen (secondary N) is 1. The third kappa shape index (κ3) is 2.24. The molecule has 0 saturated heterocycles. The smallest absolute Gasteiger partial charge is 0.340 e. The molecule has 1 unspecified atom stereocenters. The first-order valence-corrected chi connectivity index (χ1v) is 8.91. The molecule has 1 spiro atoms. The van der Waals surface area contributed by atoms with Gasteiger partial charge in [0, 0.05) is 41.4 Å². The largest absolute Gasteiger partial charge is 0.593 e. The Kier molecular flexibility index (Phi) is 3.39. The quantitative estimate of drug-likeness (QED) is 0.491. The molecule has 1 amide bonds. The molecule has 2 aliphatic heterocycles. The number of rotatable bonds is 1. The van der Waals surface area contributed by atoms with Crippen LogP contribution in [0, 0.1) is 0 Å². The van der Waals surface area contributed by atoms with E-state index in [1.54, 1.807) is 36.4 Å². The molecule has 0 aliphatic carbocycles. The monoisotopic (exact) mass is 390 g/mol. The van der Waals surface area contributed by atoms with E-state index in [1.807, 2.05) is 0 Å². The van der Waals surface area contributed by atoms with Crippen LogP contribution in [0.15, 0.2) is 54.6 Å². The fourth-order valence-electron chi connectivity index (χ4n) is 4.00. The fraction of sp³-hybridized carbons (Fsp3) is 0.0909. The normalized spacial score (nSPS) is 18.3. The van der Waals surface area contributed by atoms with Crippen molar-refractivity contribution in [2.45, 2.75) is 5.60 Å². The average Bonchev–Trinajstić information content (AvgIpc) is 2.99. The van der Waals surface area contributed by atoms with Gasteiger partial charge in [-0.2, -0.15) is 0 Å². The second-order valence-electron chi connectivity index (χ2n) is 6.90. The third-order valence-corrected chi connectivity index (χ3v) is 5.28. The first-order chi connectivity index (χ1) is 13.9. The van der Waals surface area contributed by atoms with Crippen LogP contribution in [0.4, 0.5) is 0 Å². The summed E-state index contributed by atoms with van der Waals surface area (Å²) < 4.78 is 11.9. The van der Waals surface area contributed by atoms with Gasteiger partial charge in [-0.1, -0.05) is 0 Å². The Balaban J connectivity index is 1.87. The molecule has 0 radical (unpaired) electrons. The average molecular weight is 390 g/mol. The van der Waals surface area contributed by atoms with Gasteiger partial charge in [0.2, 0.25) is 0 Å². The van der Waals surface area contributed by atoms with Gasteiger partial charge in [0.05, 0.1) is 11.6 Å². The number of phenols is 1. The molecule has 2 heterocycles. The van der Waals surface area contributed by atoms with Crippen molar-refractivity contribution in [3.8, 4) is 23.0 Å². The zero-order chi connectivity index (χ0) is 20.3. The summed E-state index contributed by atoms with van der Waals surface area (Å²) in [5.41, 5.74) is 0.974. The molecule has 4 N–H and O–H groups in total. The Morgan fingerprint density at radius 3 is 2.48 bits per heavy atom. The summed E-state index contributed by atoms with van der Waals surface area (Å²) in [6.07, 6.45) is 0. The molecule has 3 aromatic rings. The number of carbonyl (C=O) groups is 2. The summed E-state index contributed by atoms with van der Waals surface area (Å²) in [5, 5.41) is 20.5. The molecule has 3 aromatic carbocycles. The topological polar surface area (TPSA) is 108 Å².